The fraction of sp³-hybridized carbons (Fsp3) is 0.857. The summed E-state index contributed by atoms with van der Waals surface area (Å²) in [7, 11) is 0. The molecule has 0 bridgehead atoms. The first-order valence-electron chi connectivity index (χ1n) is 7.51. The molecule has 1 aliphatic heterocycles. The zero-order chi connectivity index (χ0) is 13.1. The smallest absolute Gasteiger partial charge is 0.229 e. The van der Waals surface area contributed by atoms with Crippen LogP contribution in [0.1, 0.15) is 62.6 Å². The zero-order valence-corrected chi connectivity index (χ0v) is 11.4. The highest BCUT2D eigenvalue weighted by atomic mass is 16.5. The summed E-state index contributed by atoms with van der Waals surface area (Å²) in [5.74, 6) is 2.02. The Hall–Kier alpha value is -0.940. The number of nitrogens with zero attached hydrogens (tertiary/aromatic N) is 2. The second kappa shape index (κ2) is 6.01. The highest BCUT2D eigenvalue weighted by molar-refractivity contribution is 4.98. The van der Waals surface area contributed by atoms with Crippen LogP contribution in [0.2, 0.25) is 0 Å². The molecule has 5 nitrogen and oxygen atoms in total. The molecule has 1 atom stereocenters. The van der Waals surface area contributed by atoms with Crippen LogP contribution >= 0.6 is 0 Å². The van der Waals surface area contributed by atoms with Crippen LogP contribution in [0.4, 0.5) is 0 Å². The van der Waals surface area contributed by atoms with Gasteiger partial charge in [0, 0.05) is 25.0 Å². The predicted molar refractivity (Wildman–Crippen MR) is 70.8 cm³/mol. The molecule has 1 aliphatic carbocycles. The predicted octanol–water partition coefficient (Wildman–Crippen LogP) is 2.17. The molecule has 1 saturated heterocycles. The average Bonchev–Trinajstić information content (AvgIpc) is 2.89. The number of rotatable bonds is 3. The van der Waals surface area contributed by atoms with Gasteiger partial charge in [0.1, 0.15) is 0 Å². The molecular weight excluding hydrogens is 242 g/mol. The quantitative estimate of drug-likeness (QED) is 0.906. The Kier molecular flexibility index (Phi) is 4.13. The Morgan fingerprint density at radius 2 is 1.95 bits per heavy atom. The van der Waals surface area contributed by atoms with Gasteiger partial charge in [-0.2, -0.15) is 4.98 Å². The van der Waals surface area contributed by atoms with Gasteiger partial charge in [-0.05, 0) is 44.9 Å². The minimum absolute atomic E-state index is 0.277. The number of ether oxygens (including phenoxy) is 1. The van der Waals surface area contributed by atoms with E-state index in [0.717, 1.165) is 56.8 Å². The van der Waals surface area contributed by atoms with Crippen molar-refractivity contribution in [2.24, 2.45) is 5.73 Å². The zero-order valence-electron chi connectivity index (χ0n) is 11.4. The summed E-state index contributed by atoms with van der Waals surface area (Å²) in [6.45, 7) is 0.871. The Labute approximate surface area is 113 Å². The van der Waals surface area contributed by atoms with Gasteiger partial charge in [0.05, 0.1) is 6.10 Å². The molecule has 0 aromatic carbocycles. The van der Waals surface area contributed by atoms with E-state index < -0.39 is 0 Å². The first-order chi connectivity index (χ1) is 9.31. The fourth-order valence-corrected chi connectivity index (χ4v) is 3.05. The molecule has 1 aromatic rings. The van der Waals surface area contributed by atoms with Crippen molar-refractivity contribution < 1.29 is 9.26 Å². The Balaban J connectivity index is 1.56. The van der Waals surface area contributed by atoms with Gasteiger partial charge >= 0.3 is 0 Å². The van der Waals surface area contributed by atoms with Crippen LogP contribution < -0.4 is 5.73 Å². The molecule has 0 radical (unpaired) electrons. The van der Waals surface area contributed by atoms with E-state index in [0.29, 0.717) is 12.0 Å². The van der Waals surface area contributed by atoms with Crippen LogP contribution in [0.5, 0.6) is 0 Å². The maximum atomic E-state index is 5.92. The molecule has 19 heavy (non-hydrogen) atoms. The lowest BCUT2D eigenvalue weighted by atomic mass is 9.86. The fourth-order valence-electron chi connectivity index (χ4n) is 3.05. The molecule has 1 aromatic heterocycles. The van der Waals surface area contributed by atoms with Gasteiger partial charge in [-0.25, -0.2) is 0 Å². The van der Waals surface area contributed by atoms with Crippen molar-refractivity contribution in [1.29, 1.82) is 0 Å². The minimum atomic E-state index is 0.277. The summed E-state index contributed by atoms with van der Waals surface area (Å²) in [6.07, 6.45) is 8.87. The number of hydrogen-bond donors (Lipinski definition) is 1. The van der Waals surface area contributed by atoms with Gasteiger partial charge < -0.3 is 15.0 Å². The summed E-state index contributed by atoms with van der Waals surface area (Å²) in [5.41, 5.74) is 5.92. The summed E-state index contributed by atoms with van der Waals surface area (Å²) < 4.78 is 11.1. The lowest BCUT2D eigenvalue weighted by Gasteiger charge is -2.23. The molecule has 106 valence electrons. The maximum absolute atomic E-state index is 5.92. The van der Waals surface area contributed by atoms with Gasteiger partial charge in [0.2, 0.25) is 5.89 Å². The monoisotopic (exact) mass is 265 g/mol. The van der Waals surface area contributed by atoms with Crippen molar-refractivity contribution in [1.82, 2.24) is 10.1 Å². The first-order valence-corrected chi connectivity index (χ1v) is 7.51. The summed E-state index contributed by atoms with van der Waals surface area (Å²) in [4.78, 5) is 4.55. The van der Waals surface area contributed by atoms with Gasteiger partial charge in [0.15, 0.2) is 5.82 Å². The molecular formula is C14H23N3O2. The molecule has 5 heteroatoms. The third kappa shape index (κ3) is 3.34. The van der Waals surface area contributed by atoms with Crippen molar-refractivity contribution in [3.05, 3.63) is 11.7 Å². The van der Waals surface area contributed by atoms with E-state index in [-0.39, 0.29) is 6.10 Å². The van der Waals surface area contributed by atoms with Gasteiger partial charge in [-0.1, -0.05) is 5.16 Å². The molecule has 2 heterocycles. The van der Waals surface area contributed by atoms with Gasteiger partial charge in [-0.15, -0.1) is 0 Å². The summed E-state index contributed by atoms with van der Waals surface area (Å²) in [6, 6.07) is 0.356. The highest BCUT2D eigenvalue weighted by Crippen LogP contribution is 2.31. The van der Waals surface area contributed by atoms with Crippen LogP contribution in [0.15, 0.2) is 4.52 Å². The molecule has 2 N–H and O–H groups in total. The number of nitrogens with two attached hydrogens (primary N) is 1. The Morgan fingerprint density at radius 1 is 1.11 bits per heavy atom. The van der Waals surface area contributed by atoms with E-state index in [9.17, 15) is 0 Å². The lowest BCUT2D eigenvalue weighted by molar-refractivity contribution is 0.0153. The van der Waals surface area contributed by atoms with Crippen LogP contribution in [0, 0.1) is 0 Å². The van der Waals surface area contributed by atoms with Crippen molar-refractivity contribution in [2.45, 2.75) is 69.4 Å². The molecule has 1 unspecified atom stereocenters. The van der Waals surface area contributed by atoms with E-state index in [1.807, 2.05) is 0 Å². The second-order valence-corrected chi connectivity index (χ2v) is 5.85. The van der Waals surface area contributed by atoms with Crippen molar-refractivity contribution in [3.8, 4) is 0 Å². The van der Waals surface area contributed by atoms with Crippen LogP contribution in [0.3, 0.4) is 0 Å². The van der Waals surface area contributed by atoms with Crippen molar-refractivity contribution >= 4 is 0 Å². The van der Waals surface area contributed by atoms with E-state index in [1.54, 1.807) is 0 Å². The molecule has 3 rings (SSSR count). The molecule has 0 amide bonds. The number of aromatic nitrogens is 2. The normalized spacial score (nSPS) is 32.4. The van der Waals surface area contributed by atoms with Crippen LogP contribution in [-0.4, -0.2) is 28.9 Å². The minimum Gasteiger partial charge on any atom is -0.378 e. The third-order valence-corrected chi connectivity index (χ3v) is 4.29. The lowest BCUT2D eigenvalue weighted by Crippen LogP contribution is -2.25. The SMILES string of the molecule is NC1CCC(c2nc(CC3CCCCO3)no2)CC1. The maximum Gasteiger partial charge on any atom is 0.229 e. The van der Waals surface area contributed by atoms with Gasteiger partial charge in [0.25, 0.3) is 0 Å². The average molecular weight is 265 g/mol. The van der Waals surface area contributed by atoms with E-state index in [2.05, 4.69) is 10.1 Å². The van der Waals surface area contributed by atoms with Crippen molar-refractivity contribution in [2.75, 3.05) is 6.61 Å². The molecule has 2 aliphatic rings. The molecule has 2 fully saturated rings. The van der Waals surface area contributed by atoms with Crippen LogP contribution in [-0.2, 0) is 11.2 Å². The topological polar surface area (TPSA) is 74.2 Å². The highest BCUT2D eigenvalue weighted by Gasteiger charge is 2.25. The Morgan fingerprint density at radius 3 is 2.68 bits per heavy atom. The molecule has 1 saturated carbocycles. The van der Waals surface area contributed by atoms with E-state index in [1.165, 1.54) is 12.8 Å². The Bertz CT molecular complexity index is 393. The van der Waals surface area contributed by atoms with E-state index >= 15 is 0 Å². The second-order valence-electron chi connectivity index (χ2n) is 5.85. The first kappa shape index (κ1) is 13.1. The number of hydrogen-bond acceptors (Lipinski definition) is 5. The molecule has 0 spiro atoms. The van der Waals surface area contributed by atoms with Crippen molar-refractivity contribution in [3.63, 3.8) is 0 Å². The standard InChI is InChI=1S/C14H23N3O2/c15-11-6-4-10(5-7-11)14-16-13(17-19-14)9-12-3-1-2-8-18-12/h10-12H,1-9,15H2. The largest absolute Gasteiger partial charge is 0.378 e. The summed E-state index contributed by atoms with van der Waals surface area (Å²) >= 11 is 0. The third-order valence-electron chi connectivity index (χ3n) is 4.29. The van der Waals surface area contributed by atoms with E-state index in [4.69, 9.17) is 15.0 Å². The van der Waals surface area contributed by atoms with Crippen LogP contribution in [0.25, 0.3) is 0 Å². The summed E-state index contributed by atoms with van der Waals surface area (Å²) in [5, 5.41) is 4.11. The van der Waals surface area contributed by atoms with Gasteiger partial charge in [-0.3, -0.25) is 0 Å².